The Morgan fingerprint density at radius 2 is 2.17 bits per heavy atom. The molecule has 30 heavy (non-hydrogen) atoms. The largest absolute Gasteiger partial charge is 0.497 e. The lowest BCUT2D eigenvalue weighted by molar-refractivity contribution is -0.117. The lowest BCUT2D eigenvalue weighted by Crippen LogP contribution is -2.15. The standard InChI is InChI=1S/C22H21N5O3/c1-11-6-13(11)21(28)27-19-8-14-15(9-24-19)20(23-2)25-10-16(14)22-26-17-7-12(29-3)4-5-18(17)30-22/h4-5,7-11,13H,6H2,1-3H3,(H,23,25)(H,24,27,28)/i2D3,3D. The first-order valence-electron chi connectivity index (χ1n) is 11.6. The molecule has 1 aliphatic carbocycles. The van der Waals surface area contributed by atoms with Crippen LogP contribution in [0, 0.1) is 11.8 Å². The van der Waals surface area contributed by atoms with Crippen molar-refractivity contribution in [3.63, 3.8) is 0 Å². The van der Waals surface area contributed by atoms with E-state index in [1.165, 1.54) is 12.4 Å². The molecule has 2 N–H and O–H groups in total. The highest BCUT2D eigenvalue weighted by Gasteiger charge is 2.39. The van der Waals surface area contributed by atoms with Crippen molar-refractivity contribution in [2.24, 2.45) is 11.8 Å². The maximum absolute atomic E-state index is 12.4. The summed E-state index contributed by atoms with van der Waals surface area (Å²) >= 11 is 0. The molecule has 5 rings (SSSR count). The molecule has 1 saturated carbocycles. The number of fused-ring (bicyclic) bond motifs is 2. The van der Waals surface area contributed by atoms with Gasteiger partial charge in [0.25, 0.3) is 0 Å². The molecule has 3 aromatic heterocycles. The topological polar surface area (TPSA) is 102 Å². The first-order valence-corrected chi connectivity index (χ1v) is 9.42. The maximum atomic E-state index is 12.4. The van der Waals surface area contributed by atoms with E-state index in [1.54, 1.807) is 24.3 Å². The Bertz CT molecular complexity index is 1400. The van der Waals surface area contributed by atoms with Gasteiger partial charge in [-0.1, -0.05) is 6.92 Å². The number of rotatable bonds is 5. The molecule has 1 amide bonds. The Morgan fingerprint density at radius 3 is 2.97 bits per heavy atom. The van der Waals surface area contributed by atoms with Crippen LogP contribution in [0.25, 0.3) is 33.3 Å². The summed E-state index contributed by atoms with van der Waals surface area (Å²) in [6, 6.07) is 6.70. The average molecular weight is 407 g/mol. The van der Waals surface area contributed by atoms with Crippen LogP contribution in [0.3, 0.4) is 0 Å². The summed E-state index contributed by atoms with van der Waals surface area (Å²) in [5.74, 6) is 1.44. The fraction of sp³-hybridized carbons (Fsp3) is 0.273. The highest BCUT2D eigenvalue weighted by molar-refractivity contribution is 6.03. The Kier molecular flexibility index (Phi) is 3.33. The number of hydrogen-bond donors (Lipinski definition) is 2. The van der Waals surface area contributed by atoms with Crippen molar-refractivity contribution in [2.75, 3.05) is 24.7 Å². The second-order valence-corrected chi connectivity index (χ2v) is 7.36. The van der Waals surface area contributed by atoms with Crippen LogP contribution in [0.15, 0.2) is 41.1 Å². The fourth-order valence-electron chi connectivity index (χ4n) is 3.49. The number of methoxy groups -OCH3 is 1. The van der Waals surface area contributed by atoms with E-state index in [2.05, 4.69) is 25.6 Å². The minimum absolute atomic E-state index is 0.0284. The Morgan fingerprint density at radius 1 is 1.27 bits per heavy atom. The minimum atomic E-state index is -2.46. The van der Waals surface area contributed by atoms with Gasteiger partial charge in [-0.05, 0) is 30.5 Å². The molecule has 1 aliphatic rings. The van der Waals surface area contributed by atoms with E-state index in [0.717, 1.165) is 6.42 Å². The van der Waals surface area contributed by atoms with Crippen molar-refractivity contribution < 1.29 is 19.4 Å². The molecule has 0 radical (unpaired) electrons. The van der Waals surface area contributed by atoms with Gasteiger partial charge in [0.15, 0.2) is 5.58 Å². The molecule has 2 atom stereocenters. The van der Waals surface area contributed by atoms with E-state index in [-0.39, 0.29) is 30.6 Å². The molecule has 152 valence electrons. The van der Waals surface area contributed by atoms with E-state index in [9.17, 15) is 4.79 Å². The zero-order valence-corrected chi connectivity index (χ0v) is 16.1. The molecule has 1 fully saturated rings. The summed E-state index contributed by atoms with van der Waals surface area (Å²) in [5.41, 5.74) is 1.54. The van der Waals surface area contributed by atoms with Gasteiger partial charge < -0.3 is 19.8 Å². The molecule has 0 aliphatic heterocycles. The molecule has 2 unspecified atom stereocenters. The van der Waals surface area contributed by atoms with Crippen LogP contribution >= 0.6 is 0 Å². The molecular formula is C22H21N5O3. The van der Waals surface area contributed by atoms with E-state index in [0.29, 0.717) is 44.9 Å². The van der Waals surface area contributed by atoms with Crippen molar-refractivity contribution in [1.29, 1.82) is 0 Å². The van der Waals surface area contributed by atoms with E-state index in [1.807, 2.05) is 6.92 Å². The molecule has 8 nitrogen and oxygen atoms in total. The van der Waals surface area contributed by atoms with Crippen LogP contribution in [-0.4, -0.2) is 34.9 Å². The number of anilines is 2. The molecule has 0 bridgehead atoms. The second-order valence-electron chi connectivity index (χ2n) is 7.36. The zero-order chi connectivity index (χ0) is 24.0. The Hall–Kier alpha value is -3.68. The monoisotopic (exact) mass is 407 g/mol. The first-order chi connectivity index (χ1) is 16.2. The van der Waals surface area contributed by atoms with Crippen LogP contribution in [0.5, 0.6) is 5.75 Å². The molecule has 3 heterocycles. The Balaban J connectivity index is 1.61. The number of amides is 1. The summed E-state index contributed by atoms with van der Waals surface area (Å²) in [4.78, 5) is 25.5. The predicted octanol–water partition coefficient (Wildman–Crippen LogP) is 4.08. The van der Waals surface area contributed by atoms with Crippen LogP contribution in [0.4, 0.5) is 11.6 Å². The number of pyridine rings is 2. The molecule has 1 aromatic carbocycles. The van der Waals surface area contributed by atoms with Gasteiger partial charge in [-0.25, -0.2) is 15.0 Å². The average Bonchev–Trinajstić information content (AvgIpc) is 3.36. The highest BCUT2D eigenvalue weighted by atomic mass is 16.5. The summed E-state index contributed by atoms with van der Waals surface area (Å²) in [7, 11) is -0.218. The maximum Gasteiger partial charge on any atom is 0.229 e. The number of ether oxygens (including phenoxy) is 1. The summed E-state index contributed by atoms with van der Waals surface area (Å²) in [6.45, 7) is -0.440. The van der Waals surface area contributed by atoms with E-state index in [4.69, 9.17) is 14.6 Å². The SMILES string of the molecule is [2H]COc1ccc2oc(-c3cnc(NC([2H])([2H])[2H])c4cnc(NC(=O)C5CC5C)cc34)nc2c1. The number of benzene rings is 1. The lowest BCUT2D eigenvalue weighted by atomic mass is 10.1. The van der Waals surface area contributed by atoms with Gasteiger partial charge >= 0.3 is 0 Å². The summed E-state index contributed by atoms with van der Waals surface area (Å²) < 4.78 is 41.0. The molecule has 8 heteroatoms. The predicted molar refractivity (Wildman–Crippen MR) is 115 cm³/mol. The van der Waals surface area contributed by atoms with Crippen LogP contribution in [0.2, 0.25) is 0 Å². The number of hydrogen-bond acceptors (Lipinski definition) is 7. The van der Waals surface area contributed by atoms with Crippen molar-refractivity contribution in [2.45, 2.75) is 13.3 Å². The molecule has 0 spiro atoms. The van der Waals surface area contributed by atoms with Gasteiger partial charge in [0.05, 0.1) is 14.0 Å². The van der Waals surface area contributed by atoms with Crippen LogP contribution < -0.4 is 15.4 Å². The second kappa shape index (κ2) is 6.98. The Labute approximate surface area is 178 Å². The summed E-state index contributed by atoms with van der Waals surface area (Å²) in [6.07, 6.45) is 3.78. The highest BCUT2D eigenvalue weighted by Crippen LogP contribution is 2.39. The van der Waals surface area contributed by atoms with Gasteiger partial charge in [-0.2, -0.15) is 0 Å². The third-order valence-corrected chi connectivity index (χ3v) is 5.34. The molecule has 0 saturated heterocycles. The van der Waals surface area contributed by atoms with Crippen molar-refractivity contribution in [1.82, 2.24) is 15.0 Å². The van der Waals surface area contributed by atoms with Gasteiger partial charge in [0, 0.05) is 46.2 Å². The van der Waals surface area contributed by atoms with Gasteiger partial charge in [-0.3, -0.25) is 4.79 Å². The zero-order valence-electron chi connectivity index (χ0n) is 20.1. The first kappa shape index (κ1) is 14.3. The quantitative estimate of drug-likeness (QED) is 0.514. The van der Waals surface area contributed by atoms with Crippen molar-refractivity contribution >= 4 is 39.4 Å². The third-order valence-electron chi connectivity index (χ3n) is 5.34. The number of carbonyl (C=O) groups is 1. The van der Waals surface area contributed by atoms with E-state index < -0.39 is 6.98 Å². The van der Waals surface area contributed by atoms with Gasteiger partial charge in [0.1, 0.15) is 22.9 Å². The van der Waals surface area contributed by atoms with E-state index >= 15 is 0 Å². The van der Waals surface area contributed by atoms with Crippen molar-refractivity contribution in [3.8, 4) is 17.2 Å². The number of nitrogens with zero attached hydrogens (tertiary/aromatic N) is 3. The lowest BCUT2D eigenvalue weighted by Gasteiger charge is -2.10. The van der Waals surface area contributed by atoms with Crippen LogP contribution in [-0.2, 0) is 4.79 Å². The normalized spacial score (nSPS) is 20.2. The smallest absolute Gasteiger partial charge is 0.229 e. The number of aromatic nitrogens is 3. The fourth-order valence-corrected chi connectivity index (χ4v) is 3.49. The minimum Gasteiger partial charge on any atom is -0.497 e. The van der Waals surface area contributed by atoms with Crippen LogP contribution in [0.1, 0.15) is 18.8 Å². The third kappa shape index (κ3) is 3.10. The number of oxazole rings is 1. The van der Waals surface area contributed by atoms with Crippen molar-refractivity contribution in [3.05, 3.63) is 36.7 Å². The molecule has 4 aromatic rings. The number of carbonyl (C=O) groups excluding carboxylic acids is 1. The number of nitrogens with one attached hydrogen (secondary N) is 2. The molecular weight excluding hydrogens is 382 g/mol. The van der Waals surface area contributed by atoms with Gasteiger partial charge in [-0.15, -0.1) is 0 Å². The summed E-state index contributed by atoms with van der Waals surface area (Å²) in [5, 5.41) is 6.25. The van der Waals surface area contributed by atoms with Gasteiger partial charge in [0.2, 0.25) is 11.8 Å².